The fourth-order valence-corrected chi connectivity index (χ4v) is 5.82. The number of nitrogens with zero attached hydrogens (tertiary/aromatic N) is 3. The van der Waals surface area contributed by atoms with Crippen molar-refractivity contribution >= 4 is 21.9 Å². The Morgan fingerprint density at radius 1 is 1.31 bits per heavy atom. The lowest BCUT2D eigenvalue weighted by Gasteiger charge is -2.33. The van der Waals surface area contributed by atoms with Crippen LogP contribution in [0.5, 0.6) is 0 Å². The molecule has 11 heteroatoms. The van der Waals surface area contributed by atoms with Crippen molar-refractivity contribution in [1.82, 2.24) is 14.5 Å². The fraction of sp³-hybridized carbons (Fsp3) is 0.571. The maximum Gasteiger partial charge on any atom is 0.325 e. The first-order chi connectivity index (χ1) is 15.3. The molecule has 174 valence electrons. The zero-order chi connectivity index (χ0) is 23.3. The number of piperidine rings is 1. The molecule has 2 aliphatic rings. The summed E-state index contributed by atoms with van der Waals surface area (Å²) in [6, 6.07) is 6.25. The number of likely N-dealkylation sites (tertiary alicyclic amines) is 1. The first-order valence-electron chi connectivity index (χ1n) is 10.6. The van der Waals surface area contributed by atoms with E-state index in [4.69, 9.17) is 10.00 Å². The Bertz CT molecular complexity index is 988. The third-order valence-corrected chi connectivity index (χ3v) is 7.66. The zero-order valence-electron chi connectivity index (χ0n) is 17.9. The van der Waals surface area contributed by atoms with Gasteiger partial charge in [-0.25, -0.2) is 12.8 Å². The largest absolute Gasteiger partial charge is 0.465 e. The van der Waals surface area contributed by atoms with E-state index < -0.39 is 34.1 Å². The number of hydrogen-bond acceptors (Lipinski definition) is 7. The molecule has 9 nitrogen and oxygen atoms in total. The molecule has 0 spiro atoms. The maximum absolute atomic E-state index is 13.6. The van der Waals surface area contributed by atoms with Gasteiger partial charge in [0.1, 0.15) is 18.8 Å². The lowest BCUT2D eigenvalue weighted by molar-refractivity contribution is -0.143. The first-order valence-corrected chi connectivity index (χ1v) is 12.0. The van der Waals surface area contributed by atoms with E-state index in [-0.39, 0.29) is 42.6 Å². The van der Waals surface area contributed by atoms with Crippen LogP contribution in [0.1, 0.15) is 31.7 Å². The molecule has 2 atom stereocenters. The van der Waals surface area contributed by atoms with E-state index in [1.54, 1.807) is 6.92 Å². The van der Waals surface area contributed by atoms with Gasteiger partial charge >= 0.3 is 5.97 Å². The highest BCUT2D eigenvalue weighted by molar-refractivity contribution is 7.89. The minimum Gasteiger partial charge on any atom is -0.465 e. The van der Waals surface area contributed by atoms with E-state index in [0.29, 0.717) is 25.9 Å². The third-order valence-electron chi connectivity index (χ3n) is 5.79. The molecular formula is C21H27FN4O5S. The van der Waals surface area contributed by atoms with E-state index in [9.17, 15) is 22.4 Å². The Morgan fingerprint density at radius 3 is 2.69 bits per heavy atom. The van der Waals surface area contributed by atoms with Gasteiger partial charge in [-0.3, -0.25) is 14.5 Å². The number of esters is 1. The lowest BCUT2D eigenvalue weighted by Crippen LogP contribution is -2.47. The van der Waals surface area contributed by atoms with Crippen LogP contribution >= 0.6 is 0 Å². The molecule has 1 aromatic carbocycles. The summed E-state index contributed by atoms with van der Waals surface area (Å²) in [6.45, 7) is 2.49. The van der Waals surface area contributed by atoms with Gasteiger partial charge in [0.2, 0.25) is 15.9 Å². The summed E-state index contributed by atoms with van der Waals surface area (Å²) in [6.07, 6.45) is 0.0910. The number of sulfonamides is 1. The van der Waals surface area contributed by atoms with Crippen LogP contribution < -0.4 is 5.32 Å². The molecule has 1 N–H and O–H groups in total. The Balaban J connectivity index is 1.84. The van der Waals surface area contributed by atoms with Crippen LogP contribution in [0.3, 0.4) is 0 Å². The molecule has 0 bridgehead atoms. The number of amides is 1. The van der Waals surface area contributed by atoms with E-state index in [0.717, 1.165) is 4.31 Å². The standard InChI is InChI=1S/C21H27FN4O5S/c1-2-31-20(27)13-24-21(28)19-11-17(25-8-6-16(22)7-9-25)14-26(19)32(29,30)18-5-3-4-15(10-18)12-23/h3-5,10,16-17,19H,2,6-9,11,13-14H2,1H3,(H,24,28)/t17-,19?/m1/s1. The van der Waals surface area contributed by atoms with E-state index >= 15 is 0 Å². The highest BCUT2D eigenvalue weighted by Crippen LogP contribution is 2.31. The molecule has 0 aromatic heterocycles. The van der Waals surface area contributed by atoms with Crippen molar-refractivity contribution in [1.29, 1.82) is 5.26 Å². The molecular weight excluding hydrogens is 439 g/mol. The summed E-state index contributed by atoms with van der Waals surface area (Å²) in [7, 11) is -4.09. The highest BCUT2D eigenvalue weighted by Gasteiger charge is 2.46. The summed E-state index contributed by atoms with van der Waals surface area (Å²) in [5.41, 5.74) is 0.190. The predicted molar refractivity (Wildman–Crippen MR) is 113 cm³/mol. The minimum absolute atomic E-state index is 0.0631. The van der Waals surface area contributed by atoms with Gasteiger partial charge in [-0.05, 0) is 44.4 Å². The van der Waals surface area contributed by atoms with Gasteiger partial charge in [0.15, 0.2) is 0 Å². The number of carbonyl (C=O) groups is 2. The zero-order valence-corrected chi connectivity index (χ0v) is 18.7. The second-order valence-corrected chi connectivity index (χ2v) is 9.74. The topological polar surface area (TPSA) is 120 Å². The minimum atomic E-state index is -4.09. The monoisotopic (exact) mass is 466 g/mol. The predicted octanol–water partition coefficient (Wildman–Crippen LogP) is 0.803. The molecule has 2 fully saturated rings. The van der Waals surface area contributed by atoms with Crippen LogP contribution in [-0.4, -0.2) is 80.5 Å². The molecule has 0 aliphatic carbocycles. The summed E-state index contributed by atoms with van der Waals surface area (Å²) in [5, 5.41) is 11.6. The smallest absolute Gasteiger partial charge is 0.325 e. The van der Waals surface area contributed by atoms with Gasteiger partial charge < -0.3 is 10.1 Å². The molecule has 2 saturated heterocycles. The van der Waals surface area contributed by atoms with Crippen molar-refractivity contribution in [2.75, 3.05) is 32.8 Å². The van der Waals surface area contributed by atoms with E-state index in [1.165, 1.54) is 24.3 Å². The van der Waals surface area contributed by atoms with Crippen molar-refractivity contribution in [3.63, 3.8) is 0 Å². The van der Waals surface area contributed by atoms with Gasteiger partial charge in [0.25, 0.3) is 0 Å². The number of alkyl halides is 1. The normalized spacial score (nSPS) is 22.9. The Hall–Kier alpha value is -2.55. The average molecular weight is 467 g/mol. The van der Waals surface area contributed by atoms with Crippen molar-refractivity contribution < 1.29 is 27.1 Å². The van der Waals surface area contributed by atoms with Crippen LogP contribution in [0.2, 0.25) is 0 Å². The van der Waals surface area contributed by atoms with Crippen LogP contribution in [0.15, 0.2) is 29.2 Å². The van der Waals surface area contributed by atoms with E-state index in [1.807, 2.05) is 11.0 Å². The average Bonchev–Trinajstić information content (AvgIpc) is 3.25. The number of hydrogen-bond donors (Lipinski definition) is 1. The molecule has 2 aliphatic heterocycles. The molecule has 1 aromatic rings. The number of ether oxygens (including phenoxy) is 1. The van der Waals surface area contributed by atoms with Gasteiger partial charge in [0, 0.05) is 25.7 Å². The van der Waals surface area contributed by atoms with Crippen molar-refractivity contribution in [3.8, 4) is 6.07 Å². The van der Waals surface area contributed by atoms with Gasteiger partial charge in [-0.15, -0.1) is 0 Å². The molecule has 0 radical (unpaired) electrons. The van der Waals surface area contributed by atoms with Gasteiger partial charge in [0.05, 0.1) is 23.1 Å². The number of nitrogens with one attached hydrogen (secondary N) is 1. The number of rotatable bonds is 7. The quantitative estimate of drug-likeness (QED) is 0.590. The first kappa shape index (κ1) is 24.1. The van der Waals surface area contributed by atoms with Gasteiger partial charge in [-0.1, -0.05) is 6.07 Å². The summed E-state index contributed by atoms with van der Waals surface area (Å²) in [5.74, 6) is -1.21. The van der Waals surface area contributed by atoms with Crippen LogP contribution in [0.25, 0.3) is 0 Å². The third kappa shape index (κ3) is 5.43. The summed E-state index contributed by atoms with van der Waals surface area (Å²) >= 11 is 0. The van der Waals surface area contributed by atoms with Crippen LogP contribution in [-0.2, 0) is 24.3 Å². The number of halogens is 1. The molecule has 32 heavy (non-hydrogen) atoms. The van der Waals surface area contributed by atoms with Crippen molar-refractivity contribution in [3.05, 3.63) is 29.8 Å². The number of carbonyl (C=O) groups excluding carboxylic acids is 2. The van der Waals surface area contributed by atoms with E-state index in [2.05, 4.69) is 5.32 Å². The lowest BCUT2D eigenvalue weighted by atomic mass is 10.0. The van der Waals surface area contributed by atoms with Gasteiger partial charge in [-0.2, -0.15) is 9.57 Å². The summed E-state index contributed by atoms with van der Waals surface area (Å²) in [4.78, 5) is 26.5. The molecule has 1 amide bonds. The van der Waals surface area contributed by atoms with Crippen molar-refractivity contribution in [2.45, 2.75) is 49.3 Å². The molecule has 3 rings (SSSR count). The Kier molecular flexibility index (Phi) is 7.82. The van der Waals surface area contributed by atoms with Crippen LogP contribution in [0, 0.1) is 11.3 Å². The Labute approximate surface area is 187 Å². The molecule has 0 saturated carbocycles. The van der Waals surface area contributed by atoms with Crippen molar-refractivity contribution in [2.24, 2.45) is 0 Å². The SMILES string of the molecule is CCOC(=O)CNC(=O)C1C[C@@H](N2CCC(F)CC2)CN1S(=O)(=O)c1cccc(C#N)c1. The van der Waals surface area contributed by atoms with Crippen LogP contribution in [0.4, 0.5) is 4.39 Å². The second-order valence-electron chi connectivity index (χ2n) is 7.85. The summed E-state index contributed by atoms with van der Waals surface area (Å²) < 4.78 is 46.3. The second kappa shape index (κ2) is 10.4. The molecule has 1 unspecified atom stereocenters. The fourth-order valence-electron chi connectivity index (χ4n) is 4.14. The highest BCUT2D eigenvalue weighted by atomic mass is 32.2. The number of nitriles is 1. The number of benzene rings is 1. The molecule has 2 heterocycles. The Morgan fingerprint density at radius 2 is 2.03 bits per heavy atom. The maximum atomic E-state index is 13.6.